The van der Waals surface area contributed by atoms with Gasteiger partial charge in [0, 0.05) is 22.0 Å². The molecule has 0 bridgehead atoms. The van der Waals surface area contributed by atoms with Gasteiger partial charge in [-0.15, -0.1) is 11.8 Å². The van der Waals surface area contributed by atoms with Crippen LogP contribution in [0, 0.1) is 13.8 Å². The number of aryl methyl sites for hydroxylation is 2. The zero-order chi connectivity index (χ0) is 14.7. The molecule has 2 rings (SSSR count). The monoisotopic (exact) mass is 290 g/mol. The topological polar surface area (TPSA) is 54.3 Å². The van der Waals surface area contributed by atoms with E-state index in [0.717, 1.165) is 10.6 Å². The summed E-state index contributed by atoms with van der Waals surface area (Å²) in [5, 5.41) is 8.26. The number of nitrogens with zero attached hydrogens (tertiary/aromatic N) is 1. The van der Waals surface area contributed by atoms with Gasteiger partial charge in [-0.05, 0) is 57.2 Å². The van der Waals surface area contributed by atoms with Crippen molar-refractivity contribution in [1.29, 1.82) is 0 Å². The van der Waals surface area contributed by atoms with Crippen molar-refractivity contribution in [3.05, 3.63) is 47.8 Å². The van der Waals surface area contributed by atoms with Gasteiger partial charge in [0.2, 0.25) is 0 Å². The lowest BCUT2D eigenvalue weighted by molar-refractivity contribution is -0.128. The third-order valence-electron chi connectivity index (χ3n) is 3.16. The molecule has 20 heavy (non-hydrogen) atoms. The Labute approximate surface area is 122 Å². The maximum atomic E-state index is 11.3. The molecule has 1 amide bonds. The van der Waals surface area contributed by atoms with Gasteiger partial charge in [0.05, 0.1) is 5.25 Å². The van der Waals surface area contributed by atoms with E-state index in [2.05, 4.69) is 30.5 Å². The number of hydroxylamine groups is 1. The molecule has 4 nitrogen and oxygen atoms in total. The largest absolute Gasteiger partial charge is 0.319 e. The zero-order valence-corrected chi connectivity index (χ0v) is 12.6. The van der Waals surface area contributed by atoms with E-state index in [9.17, 15) is 4.79 Å². The first-order valence-corrected chi connectivity index (χ1v) is 7.27. The van der Waals surface area contributed by atoms with Crippen molar-refractivity contribution in [2.24, 2.45) is 0 Å². The van der Waals surface area contributed by atoms with Crippen molar-refractivity contribution in [3.63, 3.8) is 0 Å². The highest BCUT2D eigenvalue weighted by Gasteiger charge is 2.13. The highest BCUT2D eigenvalue weighted by atomic mass is 32.2. The molecule has 0 aliphatic rings. The van der Waals surface area contributed by atoms with Crippen molar-refractivity contribution in [2.75, 3.05) is 0 Å². The van der Waals surface area contributed by atoms with Gasteiger partial charge in [0.15, 0.2) is 0 Å². The number of hydrogen-bond donors (Lipinski definition) is 2. The molecule has 0 saturated heterocycles. The lowest BCUT2D eigenvalue weighted by Gasteiger charge is -2.12. The Kier molecular flexibility index (Phi) is 4.52. The third kappa shape index (κ3) is 3.05. The summed E-state index contributed by atoms with van der Waals surface area (Å²) in [5.74, 6) is -0.392. The second kappa shape index (κ2) is 6.15. The quantitative estimate of drug-likeness (QED) is 0.517. The highest BCUT2D eigenvalue weighted by molar-refractivity contribution is 8.00. The van der Waals surface area contributed by atoms with Gasteiger partial charge in [-0.3, -0.25) is 10.0 Å². The molecule has 1 aromatic heterocycles. The van der Waals surface area contributed by atoms with Crippen molar-refractivity contribution in [2.45, 2.75) is 30.9 Å². The molecular formula is C15H18N2O2S. The average molecular weight is 290 g/mol. The number of carbonyl (C=O) groups is 1. The predicted molar refractivity (Wildman–Crippen MR) is 80.5 cm³/mol. The summed E-state index contributed by atoms with van der Waals surface area (Å²) in [4.78, 5) is 12.3. The molecule has 0 fully saturated rings. The molecule has 0 radical (unpaired) electrons. The van der Waals surface area contributed by atoms with Crippen molar-refractivity contribution < 1.29 is 10.0 Å². The van der Waals surface area contributed by atoms with E-state index < -0.39 is 5.91 Å². The van der Waals surface area contributed by atoms with Crippen LogP contribution in [0.4, 0.5) is 0 Å². The van der Waals surface area contributed by atoms with Crippen LogP contribution in [-0.2, 0) is 4.79 Å². The molecule has 1 heterocycles. The normalized spacial score (nSPS) is 12.2. The Morgan fingerprint density at radius 2 is 1.70 bits per heavy atom. The van der Waals surface area contributed by atoms with Crippen LogP contribution in [0.1, 0.15) is 18.3 Å². The van der Waals surface area contributed by atoms with Gasteiger partial charge in [0.25, 0.3) is 5.91 Å². The Hall–Kier alpha value is -1.72. The van der Waals surface area contributed by atoms with Crippen LogP contribution < -0.4 is 5.48 Å². The van der Waals surface area contributed by atoms with Gasteiger partial charge in [0.1, 0.15) is 0 Å². The van der Waals surface area contributed by atoms with Gasteiger partial charge >= 0.3 is 0 Å². The Bertz CT molecular complexity index is 585. The number of thioether (sulfide) groups is 1. The molecule has 0 aliphatic carbocycles. The Morgan fingerprint density at radius 3 is 2.20 bits per heavy atom. The molecule has 2 aromatic rings. The maximum Gasteiger partial charge on any atom is 0.256 e. The first kappa shape index (κ1) is 14.7. The summed E-state index contributed by atoms with van der Waals surface area (Å²) in [5.41, 5.74) is 5.16. The number of aromatic nitrogens is 1. The molecule has 106 valence electrons. The Balaban J connectivity index is 2.17. The first-order chi connectivity index (χ1) is 9.52. The minimum atomic E-state index is -0.392. The fourth-order valence-electron chi connectivity index (χ4n) is 2.10. The standard InChI is InChI=1S/C15H18N2O2S/c1-10-4-5-11(2)17(10)13-6-8-14(9-7-13)20-12(3)15(18)16-19/h4-9,12,19H,1-3H3,(H,16,18). The summed E-state index contributed by atoms with van der Waals surface area (Å²) in [7, 11) is 0. The van der Waals surface area contributed by atoms with E-state index in [4.69, 9.17) is 5.21 Å². The van der Waals surface area contributed by atoms with Gasteiger partial charge in [-0.2, -0.15) is 0 Å². The zero-order valence-electron chi connectivity index (χ0n) is 11.8. The number of hydrogen-bond acceptors (Lipinski definition) is 3. The fraction of sp³-hybridized carbons (Fsp3) is 0.267. The molecule has 0 saturated carbocycles. The predicted octanol–water partition coefficient (Wildman–Crippen LogP) is 3.08. The van der Waals surface area contributed by atoms with Crippen LogP contribution in [0.3, 0.4) is 0 Å². The molecule has 0 aliphatic heterocycles. The summed E-state index contributed by atoms with van der Waals surface area (Å²) in [6.07, 6.45) is 0. The SMILES string of the molecule is Cc1ccc(C)n1-c1ccc(SC(C)C(=O)NO)cc1. The molecule has 1 unspecified atom stereocenters. The molecule has 5 heteroatoms. The Morgan fingerprint density at radius 1 is 1.15 bits per heavy atom. The number of rotatable bonds is 4. The van der Waals surface area contributed by atoms with E-state index in [1.54, 1.807) is 12.4 Å². The smallest absolute Gasteiger partial charge is 0.256 e. The molecule has 1 atom stereocenters. The highest BCUT2D eigenvalue weighted by Crippen LogP contribution is 2.25. The summed E-state index contributed by atoms with van der Waals surface area (Å²) in [6.45, 7) is 5.90. The van der Waals surface area contributed by atoms with Crippen molar-refractivity contribution in [1.82, 2.24) is 10.0 Å². The average Bonchev–Trinajstić information content (AvgIpc) is 2.78. The number of benzene rings is 1. The number of nitrogens with one attached hydrogen (secondary N) is 1. The van der Waals surface area contributed by atoms with Crippen molar-refractivity contribution >= 4 is 17.7 Å². The lowest BCUT2D eigenvalue weighted by Crippen LogP contribution is -2.27. The molecule has 0 spiro atoms. The molecule has 1 aromatic carbocycles. The number of carbonyl (C=O) groups excluding carboxylic acids is 1. The van der Waals surface area contributed by atoms with E-state index in [0.29, 0.717) is 0 Å². The fourth-order valence-corrected chi connectivity index (χ4v) is 2.96. The van der Waals surface area contributed by atoms with Crippen LogP contribution in [0.15, 0.2) is 41.3 Å². The summed E-state index contributed by atoms with van der Waals surface area (Å²) >= 11 is 1.41. The van der Waals surface area contributed by atoms with Crippen molar-refractivity contribution in [3.8, 4) is 5.69 Å². The van der Waals surface area contributed by atoms with Crippen LogP contribution in [0.2, 0.25) is 0 Å². The van der Waals surface area contributed by atoms with E-state index >= 15 is 0 Å². The third-order valence-corrected chi connectivity index (χ3v) is 4.27. The first-order valence-electron chi connectivity index (χ1n) is 6.39. The minimum absolute atomic E-state index is 0.332. The van der Waals surface area contributed by atoms with E-state index in [1.165, 1.54) is 23.1 Å². The van der Waals surface area contributed by atoms with Crippen LogP contribution >= 0.6 is 11.8 Å². The van der Waals surface area contributed by atoms with Gasteiger partial charge < -0.3 is 4.57 Å². The van der Waals surface area contributed by atoms with Crippen LogP contribution in [0.25, 0.3) is 5.69 Å². The van der Waals surface area contributed by atoms with Crippen LogP contribution in [0.5, 0.6) is 0 Å². The second-order valence-corrected chi connectivity index (χ2v) is 6.10. The maximum absolute atomic E-state index is 11.3. The summed E-state index contributed by atoms with van der Waals surface area (Å²) in [6, 6.07) is 12.2. The van der Waals surface area contributed by atoms with Crippen LogP contribution in [-0.4, -0.2) is 20.9 Å². The van der Waals surface area contributed by atoms with Gasteiger partial charge in [-0.25, -0.2) is 5.48 Å². The molecular weight excluding hydrogens is 272 g/mol. The second-order valence-electron chi connectivity index (χ2n) is 4.68. The number of amides is 1. The summed E-state index contributed by atoms with van der Waals surface area (Å²) < 4.78 is 2.18. The van der Waals surface area contributed by atoms with E-state index in [-0.39, 0.29) is 5.25 Å². The minimum Gasteiger partial charge on any atom is -0.319 e. The lowest BCUT2D eigenvalue weighted by atomic mass is 10.3. The van der Waals surface area contributed by atoms with Gasteiger partial charge in [-0.1, -0.05) is 0 Å². The van der Waals surface area contributed by atoms with E-state index in [1.807, 2.05) is 24.3 Å². The molecule has 2 N–H and O–H groups in total.